The zero-order chi connectivity index (χ0) is 20.2. The lowest BCUT2D eigenvalue weighted by Gasteiger charge is -2.30. The summed E-state index contributed by atoms with van der Waals surface area (Å²) >= 11 is 0. The third-order valence-electron chi connectivity index (χ3n) is 5.61. The summed E-state index contributed by atoms with van der Waals surface area (Å²) in [6.45, 7) is 2.54. The molecule has 0 spiro atoms. The van der Waals surface area contributed by atoms with Gasteiger partial charge in [0.25, 0.3) is 0 Å². The van der Waals surface area contributed by atoms with Gasteiger partial charge in [-0.3, -0.25) is 9.59 Å². The molecule has 0 unspecified atom stereocenters. The number of hydrogen-bond acceptors (Lipinski definition) is 4. The molecule has 1 saturated heterocycles. The molecule has 0 amide bonds. The Morgan fingerprint density at radius 1 is 1.10 bits per heavy atom. The number of piperidine rings is 1. The molecule has 1 aliphatic heterocycles. The molecule has 2 heterocycles. The van der Waals surface area contributed by atoms with Gasteiger partial charge in [0.2, 0.25) is 5.78 Å². The normalized spacial score (nSPS) is 15.6. The number of halogens is 1. The number of carbonyl (C=O) groups excluding carboxylic acids is 2. The third kappa shape index (κ3) is 4.59. The molecule has 0 bridgehead atoms. The Kier molecular flexibility index (Phi) is 5.81. The molecular weight excluding hydrogens is 369 g/mol. The Bertz CT molecular complexity index is 1010. The van der Waals surface area contributed by atoms with Crippen LogP contribution >= 0.6 is 0 Å². The highest BCUT2D eigenvalue weighted by atomic mass is 19.1. The van der Waals surface area contributed by atoms with Crippen LogP contribution in [0.25, 0.3) is 11.0 Å². The molecular formula is C23H24FN3O2. The van der Waals surface area contributed by atoms with E-state index in [4.69, 9.17) is 0 Å². The third-order valence-corrected chi connectivity index (χ3v) is 5.61. The average molecular weight is 393 g/mol. The zero-order valence-corrected chi connectivity index (χ0v) is 16.2. The maximum absolute atomic E-state index is 13.3. The lowest BCUT2D eigenvalue weighted by Crippen LogP contribution is -2.37. The Hall–Kier alpha value is -2.86. The first-order chi connectivity index (χ1) is 14.1. The largest absolute Gasteiger partial charge is 0.335 e. The van der Waals surface area contributed by atoms with Gasteiger partial charge in [-0.25, -0.2) is 9.37 Å². The second-order valence-corrected chi connectivity index (χ2v) is 7.62. The number of fused-ring (bicyclic) bond motifs is 1. The fourth-order valence-electron chi connectivity index (χ4n) is 3.94. The van der Waals surface area contributed by atoms with Crippen molar-refractivity contribution in [1.29, 1.82) is 0 Å². The van der Waals surface area contributed by atoms with Gasteiger partial charge in [0.1, 0.15) is 5.82 Å². The number of nitrogens with one attached hydrogen (secondary N) is 1. The molecule has 6 heteroatoms. The van der Waals surface area contributed by atoms with Gasteiger partial charge in [-0.05, 0) is 51.0 Å². The summed E-state index contributed by atoms with van der Waals surface area (Å²) < 4.78 is 13.3. The Morgan fingerprint density at radius 3 is 2.62 bits per heavy atom. The van der Waals surface area contributed by atoms with Gasteiger partial charge in [0, 0.05) is 24.0 Å². The van der Waals surface area contributed by atoms with E-state index in [1.165, 1.54) is 12.1 Å². The highest BCUT2D eigenvalue weighted by Gasteiger charge is 2.27. The summed E-state index contributed by atoms with van der Waals surface area (Å²) in [5, 5.41) is 0. The number of hydrogen-bond donors (Lipinski definition) is 1. The Balaban J connectivity index is 1.25. The molecule has 1 fully saturated rings. The molecule has 4 rings (SSSR count). The predicted molar refractivity (Wildman–Crippen MR) is 110 cm³/mol. The van der Waals surface area contributed by atoms with Crippen molar-refractivity contribution in [3.05, 3.63) is 65.7 Å². The standard InChI is InChI=1S/C23H24FN3O2/c24-18-8-9-19-20(15-18)26-23(25-19)22(29)17-10-13-27(14-11-17)12-4-7-21(28)16-5-2-1-3-6-16/h1-3,5-6,8-9,15,17H,4,7,10-14H2,(H,25,26). The van der Waals surface area contributed by atoms with Gasteiger partial charge in [0.05, 0.1) is 11.0 Å². The fraction of sp³-hybridized carbons (Fsp3) is 0.348. The summed E-state index contributed by atoms with van der Waals surface area (Å²) in [4.78, 5) is 34.6. The first-order valence-corrected chi connectivity index (χ1v) is 10.1. The van der Waals surface area contributed by atoms with Gasteiger partial charge in [-0.2, -0.15) is 0 Å². The minimum Gasteiger partial charge on any atom is -0.335 e. The molecule has 0 aliphatic carbocycles. The summed E-state index contributed by atoms with van der Waals surface area (Å²) in [7, 11) is 0. The van der Waals surface area contributed by atoms with E-state index in [-0.39, 0.29) is 23.3 Å². The molecule has 3 aromatic rings. The number of Topliss-reactive ketones (excluding diaryl/α,β-unsaturated/α-hetero) is 2. The van der Waals surface area contributed by atoms with Crippen molar-refractivity contribution in [2.75, 3.05) is 19.6 Å². The van der Waals surface area contributed by atoms with Gasteiger partial charge < -0.3 is 9.88 Å². The summed E-state index contributed by atoms with van der Waals surface area (Å²) in [5.41, 5.74) is 1.92. The van der Waals surface area contributed by atoms with Crippen LogP contribution in [0.2, 0.25) is 0 Å². The number of likely N-dealkylation sites (tertiary alicyclic amines) is 1. The molecule has 150 valence electrons. The number of benzene rings is 2. The molecule has 29 heavy (non-hydrogen) atoms. The van der Waals surface area contributed by atoms with Crippen molar-refractivity contribution < 1.29 is 14.0 Å². The highest BCUT2D eigenvalue weighted by molar-refractivity contribution is 5.97. The number of rotatable bonds is 7. The minimum absolute atomic E-state index is 0.000476. The van der Waals surface area contributed by atoms with Crippen molar-refractivity contribution in [2.45, 2.75) is 25.7 Å². The second kappa shape index (κ2) is 8.66. The van der Waals surface area contributed by atoms with Gasteiger partial charge in [0.15, 0.2) is 11.6 Å². The van der Waals surface area contributed by atoms with Gasteiger partial charge in [-0.1, -0.05) is 30.3 Å². The number of imidazole rings is 1. The maximum atomic E-state index is 13.3. The number of H-pyrrole nitrogens is 1. The Labute approximate surface area is 168 Å². The molecule has 5 nitrogen and oxygen atoms in total. The van der Waals surface area contributed by atoms with Crippen LogP contribution < -0.4 is 0 Å². The molecule has 0 saturated carbocycles. The summed E-state index contributed by atoms with van der Waals surface area (Å²) in [5.74, 6) is 0.0691. The van der Waals surface area contributed by atoms with Crippen LogP contribution in [0.3, 0.4) is 0 Å². The van der Waals surface area contributed by atoms with Crippen molar-refractivity contribution in [2.24, 2.45) is 5.92 Å². The van der Waals surface area contributed by atoms with Crippen LogP contribution in [0.5, 0.6) is 0 Å². The van der Waals surface area contributed by atoms with Gasteiger partial charge in [-0.15, -0.1) is 0 Å². The topological polar surface area (TPSA) is 66.1 Å². The number of carbonyl (C=O) groups is 2. The molecule has 1 aliphatic rings. The quantitative estimate of drug-likeness (QED) is 0.609. The first kappa shape index (κ1) is 19.5. The van der Waals surface area contributed by atoms with Crippen LogP contribution in [0.15, 0.2) is 48.5 Å². The van der Waals surface area contributed by atoms with Crippen LogP contribution in [0.1, 0.15) is 46.7 Å². The van der Waals surface area contributed by atoms with E-state index in [1.807, 2.05) is 30.3 Å². The van der Waals surface area contributed by atoms with Crippen LogP contribution in [0.4, 0.5) is 4.39 Å². The second-order valence-electron chi connectivity index (χ2n) is 7.62. The Morgan fingerprint density at radius 2 is 1.86 bits per heavy atom. The van der Waals surface area contributed by atoms with Crippen molar-refractivity contribution in [1.82, 2.24) is 14.9 Å². The smallest absolute Gasteiger partial charge is 0.201 e. The summed E-state index contributed by atoms with van der Waals surface area (Å²) in [6.07, 6.45) is 2.91. The van der Waals surface area contributed by atoms with Gasteiger partial charge >= 0.3 is 0 Å². The van der Waals surface area contributed by atoms with E-state index >= 15 is 0 Å². The molecule has 0 radical (unpaired) electrons. The number of ketones is 2. The molecule has 0 atom stereocenters. The highest BCUT2D eigenvalue weighted by Crippen LogP contribution is 2.23. The predicted octanol–water partition coefficient (Wildman–Crippen LogP) is 4.26. The summed E-state index contributed by atoms with van der Waals surface area (Å²) in [6, 6.07) is 13.7. The average Bonchev–Trinajstić information content (AvgIpc) is 3.17. The number of aromatic nitrogens is 2. The van der Waals surface area contributed by atoms with E-state index in [1.54, 1.807) is 6.07 Å². The van der Waals surface area contributed by atoms with Crippen LogP contribution in [0, 0.1) is 11.7 Å². The lowest BCUT2D eigenvalue weighted by atomic mass is 9.92. The minimum atomic E-state index is -0.359. The van der Waals surface area contributed by atoms with E-state index in [0.717, 1.165) is 44.5 Å². The van der Waals surface area contributed by atoms with E-state index < -0.39 is 0 Å². The number of aromatic amines is 1. The maximum Gasteiger partial charge on any atom is 0.201 e. The lowest BCUT2D eigenvalue weighted by molar-refractivity contribution is 0.0828. The first-order valence-electron chi connectivity index (χ1n) is 10.1. The van der Waals surface area contributed by atoms with Crippen LogP contribution in [-0.4, -0.2) is 46.1 Å². The van der Waals surface area contributed by atoms with Crippen molar-refractivity contribution >= 4 is 22.6 Å². The molecule has 1 N–H and O–H groups in total. The van der Waals surface area contributed by atoms with E-state index in [2.05, 4.69) is 14.9 Å². The van der Waals surface area contributed by atoms with Crippen LogP contribution in [-0.2, 0) is 0 Å². The fourth-order valence-corrected chi connectivity index (χ4v) is 3.94. The SMILES string of the molecule is O=C(CCCN1CCC(C(=O)c2nc3cc(F)ccc3[nH]2)CC1)c1ccccc1. The van der Waals surface area contributed by atoms with Crippen molar-refractivity contribution in [3.8, 4) is 0 Å². The van der Waals surface area contributed by atoms with E-state index in [9.17, 15) is 14.0 Å². The zero-order valence-electron chi connectivity index (χ0n) is 16.2. The molecule has 1 aromatic heterocycles. The molecule has 2 aromatic carbocycles. The van der Waals surface area contributed by atoms with E-state index in [0.29, 0.717) is 23.3 Å². The monoisotopic (exact) mass is 393 g/mol. The number of nitrogens with zero attached hydrogens (tertiary/aromatic N) is 2. The van der Waals surface area contributed by atoms with Crippen molar-refractivity contribution in [3.63, 3.8) is 0 Å².